The van der Waals surface area contributed by atoms with Gasteiger partial charge >= 0.3 is 5.97 Å². The van der Waals surface area contributed by atoms with Crippen LogP contribution in [0.3, 0.4) is 0 Å². The summed E-state index contributed by atoms with van der Waals surface area (Å²) in [4.78, 5) is 23.7. The summed E-state index contributed by atoms with van der Waals surface area (Å²) in [6.45, 7) is 1.74. The molecular weight excluding hydrogens is 246 g/mol. The maximum atomic E-state index is 12.2. The Kier molecular flexibility index (Phi) is 3.59. The van der Waals surface area contributed by atoms with E-state index in [-0.39, 0.29) is 5.91 Å². The fourth-order valence-corrected chi connectivity index (χ4v) is 2.65. The summed E-state index contributed by atoms with van der Waals surface area (Å²) in [5.74, 6) is -1.29. The first-order valence-corrected chi connectivity index (χ1v) is 6.51. The first-order valence-electron chi connectivity index (χ1n) is 6.51. The first-order chi connectivity index (χ1) is 8.94. The van der Waals surface area contributed by atoms with Gasteiger partial charge in [-0.2, -0.15) is 5.10 Å². The number of carbonyl (C=O) groups excluding carboxylic acids is 1. The maximum absolute atomic E-state index is 12.2. The predicted octanol–water partition coefficient (Wildman–Crippen LogP) is 1.25. The lowest BCUT2D eigenvalue weighted by Crippen LogP contribution is -2.55. The molecule has 2 N–H and O–H groups in total. The number of nitrogens with one attached hydrogen (secondary N) is 1. The molecule has 1 aliphatic rings. The molecule has 1 amide bonds. The lowest BCUT2D eigenvalue weighted by Gasteiger charge is -2.33. The van der Waals surface area contributed by atoms with Crippen molar-refractivity contribution in [1.29, 1.82) is 0 Å². The first kappa shape index (κ1) is 13.6. The number of aryl methyl sites for hydroxylation is 2. The standard InChI is InChI=1S/C13H19N3O3/c1-9-10(8-16(2)15-9)11(17)14-13(12(18)19)6-4-3-5-7-13/h8H,3-7H2,1-2H3,(H,14,17)(H,18,19). The van der Waals surface area contributed by atoms with Gasteiger partial charge in [0.15, 0.2) is 0 Å². The number of hydrogen-bond acceptors (Lipinski definition) is 3. The lowest BCUT2D eigenvalue weighted by molar-refractivity contribution is -0.145. The molecule has 0 unspecified atom stereocenters. The zero-order chi connectivity index (χ0) is 14.0. The molecule has 0 bridgehead atoms. The second kappa shape index (κ2) is 5.03. The molecule has 104 valence electrons. The smallest absolute Gasteiger partial charge is 0.329 e. The van der Waals surface area contributed by atoms with E-state index in [1.54, 1.807) is 24.9 Å². The number of nitrogens with zero attached hydrogens (tertiary/aromatic N) is 2. The van der Waals surface area contributed by atoms with E-state index >= 15 is 0 Å². The summed E-state index contributed by atoms with van der Waals surface area (Å²) in [6.07, 6.45) is 5.29. The Labute approximate surface area is 111 Å². The van der Waals surface area contributed by atoms with E-state index in [2.05, 4.69) is 10.4 Å². The van der Waals surface area contributed by atoms with Crippen molar-refractivity contribution in [3.05, 3.63) is 17.5 Å². The second-order valence-electron chi connectivity index (χ2n) is 5.20. The van der Waals surface area contributed by atoms with Gasteiger partial charge < -0.3 is 10.4 Å². The summed E-state index contributed by atoms with van der Waals surface area (Å²) in [6, 6.07) is 0. The van der Waals surface area contributed by atoms with Crippen LogP contribution in [0.15, 0.2) is 6.20 Å². The summed E-state index contributed by atoms with van der Waals surface area (Å²) >= 11 is 0. The van der Waals surface area contributed by atoms with Crippen LogP contribution in [0.25, 0.3) is 0 Å². The van der Waals surface area contributed by atoms with Gasteiger partial charge in [-0.05, 0) is 19.8 Å². The van der Waals surface area contributed by atoms with Crippen molar-refractivity contribution in [3.8, 4) is 0 Å². The molecule has 0 aromatic carbocycles. The normalized spacial score (nSPS) is 18.0. The third-order valence-electron chi connectivity index (χ3n) is 3.73. The fourth-order valence-electron chi connectivity index (χ4n) is 2.65. The Bertz CT molecular complexity index is 501. The molecule has 6 nitrogen and oxygen atoms in total. The van der Waals surface area contributed by atoms with Crippen LogP contribution in [0.2, 0.25) is 0 Å². The van der Waals surface area contributed by atoms with Crippen molar-refractivity contribution in [3.63, 3.8) is 0 Å². The van der Waals surface area contributed by atoms with Gasteiger partial charge in [-0.15, -0.1) is 0 Å². The monoisotopic (exact) mass is 265 g/mol. The quantitative estimate of drug-likeness (QED) is 0.861. The molecule has 2 rings (SSSR count). The van der Waals surface area contributed by atoms with Crippen molar-refractivity contribution in [2.24, 2.45) is 7.05 Å². The minimum absolute atomic E-state index is 0.352. The van der Waals surface area contributed by atoms with Crippen LogP contribution in [0, 0.1) is 6.92 Å². The van der Waals surface area contributed by atoms with Gasteiger partial charge in [-0.25, -0.2) is 4.79 Å². The molecule has 1 aliphatic carbocycles. The topological polar surface area (TPSA) is 84.2 Å². The number of carbonyl (C=O) groups is 2. The highest BCUT2D eigenvalue weighted by Crippen LogP contribution is 2.29. The highest BCUT2D eigenvalue weighted by atomic mass is 16.4. The molecule has 1 fully saturated rings. The molecule has 0 radical (unpaired) electrons. The molecule has 0 aliphatic heterocycles. The minimum Gasteiger partial charge on any atom is -0.480 e. The third kappa shape index (κ3) is 2.62. The van der Waals surface area contributed by atoms with E-state index in [4.69, 9.17) is 0 Å². The molecule has 1 aromatic rings. The third-order valence-corrected chi connectivity index (χ3v) is 3.73. The number of carboxylic acid groups (broad SMARTS) is 1. The van der Waals surface area contributed by atoms with Gasteiger partial charge in [0.1, 0.15) is 5.54 Å². The van der Waals surface area contributed by atoms with Crippen LogP contribution in [0.5, 0.6) is 0 Å². The zero-order valence-corrected chi connectivity index (χ0v) is 11.3. The van der Waals surface area contributed by atoms with Crippen molar-refractivity contribution < 1.29 is 14.7 Å². The van der Waals surface area contributed by atoms with Gasteiger partial charge in [0.25, 0.3) is 5.91 Å². The highest BCUT2D eigenvalue weighted by Gasteiger charge is 2.41. The Morgan fingerprint density at radius 1 is 1.37 bits per heavy atom. The summed E-state index contributed by atoms with van der Waals surface area (Å²) in [5.41, 5.74) is -0.0671. The number of rotatable bonds is 3. The van der Waals surface area contributed by atoms with Gasteiger partial charge in [0.05, 0.1) is 11.3 Å². The van der Waals surface area contributed by atoms with Crippen molar-refractivity contribution >= 4 is 11.9 Å². The number of hydrogen-bond donors (Lipinski definition) is 2. The number of amides is 1. The van der Waals surface area contributed by atoms with E-state index in [0.29, 0.717) is 24.1 Å². The minimum atomic E-state index is -1.11. The number of aliphatic carboxylic acids is 1. The molecule has 1 aromatic heterocycles. The van der Waals surface area contributed by atoms with Crippen LogP contribution in [0.1, 0.15) is 48.2 Å². The van der Waals surface area contributed by atoms with Crippen LogP contribution in [0.4, 0.5) is 0 Å². The van der Waals surface area contributed by atoms with Gasteiger partial charge in [-0.1, -0.05) is 19.3 Å². The van der Waals surface area contributed by atoms with Crippen LogP contribution in [-0.4, -0.2) is 32.3 Å². The fraction of sp³-hybridized carbons (Fsp3) is 0.615. The van der Waals surface area contributed by atoms with Gasteiger partial charge in [-0.3, -0.25) is 9.48 Å². The van der Waals surface area contributed by atoms with Crippen molar-refractivity contribution in [2.75, 3.05) is 0 Å². The van der Waals surface area contributed by atoms with E-state index in [0.717, 1.165) is 19.3 Å². The highest BCUT2D eigenvalue weighted by molar-refractivity contribution is 5.98. The van der Waals surface area contributed by atoms with E-state index in [1.807, 2.05) is 0 Å². The molecule has 19 heavy (non-hydrogen) atoms. The van der Waals surface area contributed by atoms with E-state index < -0.39 is 11.5 Å². The summed E-state index contributed by atoms with van der Waals surface area (Å²) in [5, 5.41) is 16.2. The van der Waals surface area contributed by atoms with Gasteiger partial charge in [0, 0.05) is 13.2 Å². The zero-order valence-electron chi connectivity index (χ0n) is 11.3. The molecule has 6 heteroatoms. The van der Waals surface area contributed by atoms with Gasteiger partial charge in [0.2, 0.25) is 0 Å². The Morgan fingerprint density at radius 3 is 2.47 bits per heavy atom. The molecule has 1 heterocycles. The molecule has 1 saturated carbocycles. The predicted molar refractivity (Wildman–Crippen MR) is 68.9 cm³/mol. The number of aromatic nitrogens is 2. The SMILES string of the molecule is Cc1nn(C)cc1C(=O)NC1(C(=O)O)CCCCC1. The Balaban J connectivity index is 2.20. The summed E-state index contributed by atoms with van der Waals surface area (Å²) < 4.78 is 1.55. The van der Waals surface area contributed by atoms with Crippen LogP contribution in [-0.2, 0) is 11.8 Å². The average molecular weight is 265 g/mol. The molecule has 0 spiro atoms. The summed E-state index contributed by atoms with van der Waals surface area (Å²) in [7, 11) is 1.73. The van der Waals surface area contributed by atoms with E-state index in [1.165, 1.54) is 0 Å². The number of carboxylic acids is 1. The maximum Gasteiger partial charge on any atom is 0.329 e. The Hall–Kier alpha value is -1.85. The Morgan fingerprint density at radius 2 is 2.00 bits per heavy atom. The largest absolute Gasteiger partial charge is 0.480 e. The van der Waals surface area contributed by atoms with Crippen LogP contribution < -0.4 is 5.32 Å². The lowest BCUT2D eigenvalue weighted by atomic mass is 9.81. The van der Waals surface area contributed by atoms with Crippen molar-refractivity contribution in [2.45, 2.75) is 44.6 Å². The average Bonchev–Trinajstić information content (AvgIpc) is 2.69. The molecule has 0 atom stereocenters. The van der Waals surface area contributed by atoms with Crippen molar-refractivity contribution in [1.82, 2.24) is 15.1 Å². The molecular formula is C13H19N3O3. The second-order valence-corrected chi connectivity index (χ2v) is 5.20. The van der Waals surface area contributed by atoms with Crippen LogP contribution >= 0.6 is 0 Å². The molecule has 0 saturated heterocycles. The van der Waals surface area contributed by atoms with E-state index in [9.17, 15) is 14.7 Å².